The molecule has 1 rings (SSSR count). The quantitative estimate of drug-likeness (QED) is 0.510. The Morgan fingerprint density at radius 1 is 1.65 bits per heavy atom. The molecule has 92 valence electrons. The number of hydrogen-bond donors (Lipinski definition) is 1. The van der Waals surface area contributed by atoms with E-state index in [0.717, 1.165) is 19.2 Å². The molecule has 0 aliphatic rings. The van der Waals surface area contributed by atoms with Gasteiger partial charge >= 0.3 is 5.97 Å². The van der Waals surface area contributed by atoms with Gasteiger partial charge in [0.15, 0.2) is 0 Å². The SMILES string of the molecule is COC(=O)CNc1c([N+](=O)[O-])ccc(F)c1Cl. The van der Waals surface area contributed by atoms with Crippen molar-refractivity contribution in [2.75, 3.05) is 19.0 Å². The third kappa shape index (κ3) is 3.04. The van der Waals surface area contributed by atoms with Crippen molar-refractivity contribution in [3.63, 3.8) is 0 Å². The number of benzene rings is 1. The molecule has 0 aromatic heterocycles. The Morgan fingerprint density at radius 2 is 2.29 bits per heavy atom. The van der Waals surface area contributed by atoms with Gasteiger partial charge in [-0.2, -0.15) is 0 Å². The number of ether oxygens (including phenoxy) is 1. The maximum Gasteiger partial charge on any atom is 0.325 e. The van der Waals surface area contributed by atoms with Crippen molar-refractivity contribution in [2.45, 2.75) is 0 Å². The summed E-state index contributed by atoms with van der Waals surface area (Å²) in [6.07, 6.45) is 0. The minimum atomic E-state index is -0.815. The summed E-state index contributed by atoms with van der Waals surface area (Å²) in [4.78, 5) is 20.8. The summed E-state index contributed by atoms with van der Waals surface area (Å²) >= 11 is 5.58. The molecule has 1 aromatic carbocycles. The van der Waals surface area contributed by atoms with E-state index in [1.165, 1.54) is 0 Å². The molecule has 0 aliphatic carbocycles. The summed E-state index contributed by atoms with van der Waals surface area (Å²) in [7, 11) is 1.16. The van der Waals surface area contributed by atoms with Crippen LogP contribution in [0, 0.1) is 15.9 Å². The topological polar surface area (TPSA) is 81.5 Å². The number of hydrogen-bond acceptors (Lipinski definition) is 5. The molecule has 0 unspecified atom stereocenters. The van der Waals surface area contributed by atoms with E-state index in [2.05, 4.69) is 10.1 Å². The molecule has 8 heteroatoms. The summed E-state index contributed by atoms with van der Waals surface area (Å²) in [6.45, 7) is -0.347. The average Bonchev–Trinajstić information content (AvgIpc) is 2.30. The number of rotatable bonds is 4. The van der Waals surface area contributed by atoms with Crippen LogP contribution in [0.2, 0.25) is 5.02 Å². The standard InChI is InChI=1S/C9H8ClFN2O4/c1-17-7(14)4-12-9-6(13(15)16)3-2-5(11)8(9)10/h2-3,12H,4H2,1H3. The molecular weight excluding hydrogens is 255 g/mol. The fourth-order valence-electron chi connectivity index (χ4n) is 1.09. The molecule has 6 nitrogen and oxygen atoms in total. The van der Waals surface area contributed by atoms with Crippen LogP contribution in [0.5, 0.6) is 0 Å². The van der Waals surface area contributed by atoms with Gasteiger partial charge in [0.1, 0.15) is 23.1 Å². The average molecular weight is 263 g/mol. The molecule has 0 bridgehead atoms. The zero-order chi connectivity index (χ0) is 13.0. The Labute approximate surface area is 100 Å². The van der Waals surface area contributed by atoms with Crippen LogP contribution in [0.1, 0.15) is 0 Å². The Kier molecular flexibility index (Phi) is 4.22. The van der Waals surface area contributed by atoms with Crippen molar-refractivity contribution < 1.29 is 18.8 Å². The van der Waals surface area contributed by atoms with Gasteiger partial charge in [-0.1, -0.05) is 11.6 Å². The molecule has 1 aromatic rings. The minimum Gasteiger partial charge on any atom is -0.468 e. The number of esters is 1. The van der Waals surface area contributed by atoms with Crippen molar-refractivity contribution >= 4 is 28.9 Å². The zero-order valence-corrected chi connectivity index (χ0v) is 9.45. The lowest BCUT2D eigenvalue weighted by atomic mass is 10.2. The van der Waals surface area contributed by atoms with Gasteiger partial charge in [-0.3, -0.25) is 14.9 Å². The molecule has 0 fully saturated rings. The van der Waals surface area contributed by atoms with Gasteiger partial charge < -0.3 is 10.1 Å². The second-order valence-electron chi connectivity index (χ2n) is 2.94. The summed E-state index contributed by atoms with van der Waals surface area (Å²) < 4.78 is 17.5. The lowest BCUT2D eigenvalue weighted by molar-refractivity contribution is -0.384. The molecule has 0 atom stereocenters. The molecular formula is C9H8ClFN2O4. The van der Waals surface area contributed by atoms with Crippen molar-refractivity contribution in [3.05, 3.63) is 33.1 Å². The highest BCUT2D eigenvalue weighted by Gasteiger charge is 2.20. The van der Waals surface area contributed by atoms with Gasteiger partial charge in [-0.25, -0.2) is 4.39 Å². The summed E-state index contributed by atoms with van der Waals surface area (Å²) in [6, 6.07) is 1.84. The van der Waals surface area contributed by atoms with Crippen LogP contribution in [0.15, 0.2) is 12.1 Å². The van der Waals surface area contributed by atoms with Crippen LogP contribution in [-0.2, 0) is 9.53 Å². The largest absolute Gasteiger partial charge is 0.468 e. The van der Waals surface area contributed by atoms with E-state index in [1.54, 1.807) is 0 Å². The number of carbonyl (C=O) groups excluding carboxylic acids is 1. The number of nitrogens with zero attached hydrogens (tertiary/aromatic N) is 1. The van der Waals surface area contributed by atoms with Crippen molar-refractivity contribution in [3.8, 4) is 0 Å². The number of methoxy groups -OCH3 is 1. The maximum absolute atomic E-state index is 13.1. The van der Waals surface area contributed by atoms with Crippen LogP contribution in [0.25, 0.3) is 0 Å². The number of nitrogens with one attached hydrogen (secondary N) is 1. The van der Waals surface area contributed by atoms with E-state index in [1.807, 2.05) is 0 Å². The Balaban J connectivity index is 3.06. The summed E-state index contributed by atoms with van der Waals surface area (Å²) in [5, 5.41) is 12.6. The molecule has 0 radical (unpaired) electrons. The van der Waals surface area contributed by atoms with Gasteiger partial charge in [0, 0.05) is 6.07 Å². The van der Waals surface area contributed by atoms with Crippen LogP contribution in [0.3, 0.4) is 0 Å². The molecule has 0 saturated heterocycles. The van der Waals surface area contributed by atoms with Gasteiger partial charge in [0.25, 0.3) is 5.69 Å². The first-order valence-corrected chi connectivity index (χ1v) is 4.78. The van der Waals surface area contributed by atoms with E-state index in [-0.39, 0.29) is 12.2 Å². The van der Waals surface area contributed by atoms with Crippen LogP contribution < -0.4 is 5.32 Å². The van der Waals surface area contributed by atoms with E-state index >= 15 is 0 Å². The number of nitro groups is 1. The van der Waals surface area contributed by atoms with E-state index in [9.17, 15) is 19.3 Å². The first kappa shape index (κ1) is 13.2. The summed E-state index contributed by atoms with van der Waals surface area (Å²) in [5.41, 5.74) is -0.664. The normalized spacial score (nSPS) is 9.82. The molecule has 0 aliphatic heterocycles. The van der Waals surface area contributed by atoms with Crippen molar-refractivity contribution in [1.29, 1.82) is 0 Å². The monoisotopic (exact) mass is 262 g/mol. The van der Waals surface area contributed by atoms with Crippen LogP contribution in [-0.4, -0.2) is 24.5 Å². The molecule has 0 amide bonds. The van der Waals surface area contributed by atoms with E-state index < -0.39 is 27.4 Å². The number of nitro benzene ring substituents is 1. The Hall–Kier alpha value is -1.89. The van der Waals surface area contributed by atoms with Gasteiger partial charge in [0.05, 0.1) is 12.0 Å². The van der Waals surface area contributed by atoms with Crippen molar-refractivity contribution in [2.24, 2.45) is 0 Å². The predicted octanol–water partition coefficient (Wildman–Crippen LogP) is 1.97. The first-order chi connectivity index (χ1) is 7.97. The predicted molar refractivity (Wildman–Crippen MR) is 58.6 cm³/mol. The van der Waals surface area contributed by atoms with Gasteiger partial charge in [-0.15, -0.1) is 0 Å². The third-order valence-corrected chi connectivity index (χ3v) is 2.28. The number of carbonyl (C=O) groups is 1. The number of anilines is 1. The second kappa shape index (κ2) is 5.44. The highest BCUT2D eigenvalue weighted by Crippen LogP contribution is 2.33. The Morgan fingerprint density at radius 3 is 2.82 bits per heavy atom. The van der Waals surface area contributed by atoms with E-state index in [0.29, 0.717) is 0 Å². The molecule has 17 heavy (non-hydrogen) atoms. The minimum absolute atomic E-state index is 0.248. The number of halogens is 2. The van der Waals surface area contributed by atoms with Crippen molar-refractivity contribution in [1.82, 2.24) is 0 Å². The lowest BCUT2D eigenvalue weighted by Gasteiger charge is -2.08. The van der Waals surface area contributed by atoms with Crippen LogP contribution >= 0.6 is 11.6 Å². The molecule has 0 saturated carbocycles. The zero-order valence-electron chi connectivity index (χ0n) is 8.70. The first-order valence-electron chi connectivity index (χ1n) is 4.40. The second-order valence-corrected chi connectivity index (χ2v) is 3.32. The smallest absolute Gasteiger partial charge is 0.325 e. The fourth-order valence-corrected chi connectivity index (χ4v) is 1.32. The molecule has 1 N–H and O–H groups in total. The highest BCUT2D eigenvalue weighted by atomic mass is 35.5. The third-order valence-electron chi connectivity index (χ3n) is 1.91. The summed E-state index contributed by atoms with van der Waals surface area (Å²) in [5.74, 6) is -1.47. The lowest BCUT2D eigenvalue weighted by Crippen LogP contribution is -2.16. The van der Waals surface area contributed by atoms with Crippen LogP contribution in [0.4, 0.5) is 15.8 Å². The van der Waals surface area contributed by atoms with E-state index in [4.69, 9.17) is 11.6 Å². The van der Waals surface area contributed by atoms with Gasteiger partial charge in [0.2, 0.25) is 0 Å². The molecule has 0 spiro atoms. The molecule has 0 heterocycles. The highest BCUT2D eigenvalue weighted by molar-refractivity contribution is 6.34. The Bertz CT molecular complexity index is 467. The maximum atomic E-state index is 13.1. The fraction of sp³-hybridized carbons (Fsp3) is 0.222. The van der Waals surface area contributed by atoms with Gasteiger partial charge in [-0.05, 0) is 6.07 Å².